The normalized spacial score (nSPS) is 16.7. The van der Waals surface area contributed by atoms with Crippen LogP contribution in [0.3, 0.4) is 0 Å². The number of nitrogens with one attached hydrogen (secondary N) is 3. The Morgan fingerprint density at radius 1 is 0.419 bits per heavy atom. The lowest BCUT2D eigenvalue weighted by molar-refractivity contribution is -0.275. The molecule has 5 atom stereocenters. The molecule has 3 aliphatic rings. The van der Waals surface area contributed by atoms with Gasteiger partial charge < -0.3 is 63.6 Å². The molecule has 0 aliphatic carbocycles. The van der Waals surface area contributed by atoms with Gasteiger partial charge in [0.1, 0.15) is 59.1 Å². The predicted octanol–water partition coefficient (Wildman–Crippen LogP) is 21.7. The van der Waals surface area contributed by atoms with E-state index in [1.54, 1.807) is 115 Å². The monoisotopic (exact) mass is 1920 g/mol. The fourth-order valence-electron chi connectivity index (χ4n) is 16.2. The van der Waals surface area contributed by atoms with Crippen molar-refractivity contribution in [2.45, 2.75) is 157 Å². The van der Waals surface area contributed by atoms with E-state index in [0.29, 0.717) is 40.5 Å². The van der Waals surface area contributed by atoms with E-state index in [1.807, 2.05) is 13.0 Å². The van der Waals surface area contributed by atoms with Gasteiger partial charge in [-0.1, -0.05) is 183 Å². The average Bonchev–Trinajstić information content (AvgIpc) is 1.25. The average molecular weight is 1920 g/mol. The van der Waals surface area contributed by atoms with Gasteiger partial charge in [0.25, 0.3) is 5.92 Å². The van der Waals surface area contributed by atoms with Crippen LogP contribution >= 0.6 is 0 Å². The van der Waals surface area contributed by atoms with Crippen LogP contribution in [0.2, 0.25) is 0 Å². The summed E-state index contributed by atoms with van der Waals surface area (Å²) in [5.74, 6) is -11.0. The number of nitrogens with zero attached hydrogens (tertiary/aromatic N) is 3. The number of halogens is 19. The fourth-order valence-corrected chi connectivity index (χ4v) is 16.2. The Bertz CT molecular complexity index is 5680. The number of esters is 2. The Hall–Kier alpha value is -13.9. The zero-order valence-electron chi connectivity index (χ0n) is 73.1. The molecule has 39 heteroatoms. The number of carbonyl (C=O) groups is 6. The van der Waals surface area contributed by atoms with Crippen LogP contribution in [-0.4, -0.2) is 140 Å². The number of amides is 6. The second-order valence-corrected chi connectivity index (χ2v) is 33.1. The summed E-state index contributed by atoms with van der Waals surface area (Å²) in [6.07, 6.45) is -27.1. The number of carbonyl (C=O) groups excluding carboxylic acids is 6. The van der Waals surface area contributed by atoms with Gasteiger partial charge in [-0.05, 0) is 180 Å². The number of hydrogen-bond donors (Lipinski definition) is 3. The first-order valence-corrected chi connectivity index (χ1v) is 41.8. The van der Waals surface area contributed by atoms with Gasteiger partial charge in [-0.15, -0.1) is 52.7 Å². The van der Waals surface area contributed by atoms with Gasteiger partial charge in [-0.3, -0.25) is 9.69 Å². The molecule has 136 heavy (non-hydrogen) atoms. The first-order chi connectivity index (χ1) is 63.8. The maximum Gasteiger partial charge on any atom is 0.573 e. The molecule has 10 aromatic rings. The summed E-state index contributed by atoms with van der Waals surface area (Å²) in [7, 11) is 2.32. The molecular formula is C97H89F19N6O14. The zero-order valence-corrected chi connectivity index (χ0v) is 73.1. The third-order valence-corrected chi connectivity index (χ3v) is 22.0. The lowest BCUT2D eigenvalue weighted by atomic mass is 9.77. The van der Waals surface area contributed by atoms with Crippen LogP contribution in [0.15, 0.2) is 255 Å². The first-order valence-electron chi connectivity index (χ1n) is 41.8. The molecule has 724 valence electrons. The van der Waals surface area contributed by atoms with E-state index in [-0.39, 0.29) is 90.9 Å². The van der Waals surface area contributed by atoms with Crippen molar-refractivity contribution in [2.24, 2.45) is 5.92 Å². The summed E-state index contributed by atoms with van der Waals surface area (Å²) >= 11 is 0. The SMILES string of the molecule is COC(=O)[C@@H]1C[C@@H](C)CN1C(=O)NC(Cc1ccccc1)(c1cccc(OC(F)(F)F)c1)c1cccc(OC(F)(F)F)c1.COc1cc([C@@](Cc2ccccc2)(NC(=O)[C@@H]2CC(F)(F)CN2C(=O)OC(C)(C)C)c2cc(F)cc(C(F)(F)F)c2)ccc1F.O=C(OCc1ccccc1)[C@@H]1CCCN1C(=O)NC(Cc1ccccc1)(c1cccc(OC(F)(F)F)c1)c1cccc(OC(F)(F)F)c1. The molecule has 3 saturated heterocycles. The van der Waals surface area contributed by atoms with E-state index in [4.69, 9.17) is 18.9 Å². The largest absolute Gasteiger partial charge is 0.573 e. The zero-order chi connectivity index (χ0) is 99.2. The van der Waals surface area contributed by atoms with Gasteiger partial charge in [0.2, 0.25) is 5.91 Å². The Morgan fingerprint density at radius 3 is 1.21 bits per heavy atom. The third kappa shape index (κ3) is 27.5. The van der Waals surface area contributed by atoms with Gasteiger partial charge in [0, 0.05) is 38.8 Å². The molecule has 0 saturated carbocycles. The number of hydrogen-bond acceptors (Lipinski definition) is 14. The number of likely N-dealkylation sites (tertiary alicyclic amines) is 3. The summed E-state index contributed by atoms with van der Waals surface area (Å²) < 4.78 is 297. The Balaban J connectivity index is 0.000000196. The fraction of sp³-hybridized carbons (Fsp3) is 0.320. The number of alkyl halides is 17. The number of rotatable bonds is 25. The second kappa shape index (κ2) is 42.3. The van der Waals surface area contributed by atoms with E-state index < -0.39 is 173 Å². The predicted molar refractivity (Wildman–Crippen MR) is 453 cm³/mol. The van der Waals surface area contributed by atoms with Crippen molar-refractivity contribution in [3.05, 3.63) is 328 Å². The highest BCUT2D eigenvalue weighted by Crippen LogP contribution is 2.46. The minimum Gasteiger partial charge on any atom is -0.494 e. The standard InChI is InChI=1S/C35H30F6N2O5.C32H31F7N2O4.C30H28F6N2O5/c36-34(37,38)47-28-16-7-14-26(20-28)33(22-24-10-3-1-4-11-24,27-15-8-17-29(21-27)48-35(39,40)41)42-32(45)43-19-9-18-30(43)31(44)46-23-25-12-5-2-6-13-25;1-29(2,3)45-28(43)41-18-30(35,36)17-25(41)27(42)40-31(16-19-8-6-5-7-9-19,20-10-11-24(34)26(15-20)44-4)21-12-22(32(37,38)39)14-23(33)13-21;1-19-14-25(26(39)41-2)38(18-19)27(40)37-28(17-20-8-4-3-5-9-20,21-10-6-12-23(15-21)42-29(31,32)33)22-11-7-13-24(16-22)43-30(34,35)36/h1-8,10-17,20-21,30H,9,18-19,22-23H2,(H,42,45);5-15,25H,16-18H2,1-4H3,(H,40,42);3-13,15-16,19,25H,14,17-18H2,1-2H3,(H,37,40)/t30-;25-,31+;19-,25+/m001/s1. The Morgan fingerprint density at radius 2 is 0.816 bits per heavy atom. The third-order valence-electron chi connectivity index (χ3n) is 22.0. The summed E-state index contributed by atoms with van der Waals surface area (Å²) in [5, 5.41) is 8.35. The highest BCUT2D eigenvalue weighted by atomic mass is 19.4. The summed E-state index contributed by atoms with van der Waals surface area (Å²) in [6, 6.07) is 52.9. The lowest BCUT2D eigenvalue weighted by Gasteiger charge is -2.39. The van der Waals surface area contributed by atoms with Crippen LogP contribution in [0.4, 0.5) is 97.8 Å². The molecule has 13 rings (SSSR count). The molecule has 0 spiro atoms. The minimum absolute atomic E-state index is 0.0262. The molecule has 3 aliphatic heterocycles. The Kier molecular flexibility index (Phi) is 31.9. The quantitative estimate of drug-likeness (QED) is 0.0275. The van der Waals surface area contributed by atoms with Crippen molar-refractivity contribution in [3.8, 4) is 28.7 Å². The molecule has 0 radical (unpaired) electrons. The van der Waals surface area contributed by atoms with Gasteiger partial charge in [-0.25, -0.2) is 41.5 Å². The molecular weight excluding hydrogens is 1830 g/mol. The Labute approximate surface area is 766 Å². The highest BCUT2D eigenvalue weighted by molar-refractivity contribution is 5.89. The number of methoxy groups -OCH3 is 2. The van der Waals surface area contributed by atoms with Crippen molar-refractivity contribution in [2.75, 3.05) is 33.9 Å². The van der Waals surface area contributed by atoms with E-state index in [2.05, 4.69) is 34.9 Å². The van der Waals surface area contributed by atoms with Crippen molar-refractivity contribution in [3.63, 3.8) is 0 Å². The molecule has 20 nitrogen and oxygen atoms in total. The smallest absolute Gasteiger partial charge is 0.494 e. The van der Waals surface area contributed by atoms with Crippen LogP contribution < -0.4 is 39.6 Å². The van der Waals surface area contributed by atoms with Gasteiger partial charge in [0.05, 0.1) is 42.9 Å². The second-order valence-electron chi connectivity index (χ2n) is 33.1. The molecule has 3 heterocycles. The molecule has 3 N–H and O–H groups in total. The summed E-state index contributed by atoms with van der Waals surface area (Å²) in [6.45, 7) is 5.45. The molecule has 0 bridgehead atoms. The van der Waals surface area contributed by atoms with Crippen LogP contribution in [0, 0.1) is 17.6 Å². The minimum atomic E-state index is -5.05. The molecule has 10 aromatic carbocycles. The molecule has 3 fully saturated rings. The van der Waals surface area contributed by atoms with Gasteiger partial charge in [0.15, 0.2) is 11.6 Å². The number of ether oxygens (including phenoxy) is 8. The summed E-state index contributed by atoms with van der Waals surface area (Å²) in [4.78, 5) is 84.0. The van der Waals surface area contributed by atoms with Crippen LogP contribution in [0.25, 0.3) is 0 Å². The van der Waals surface area contributed by atoms with Crippen molar-refractivity contribution in [1.82, 2.24) is 30.7 Å². The maximum atomic E-state index is 15.0. The van der Waals surface area contributed by atoms with E-state index in [0.717, 1.165) is 85.5 Å². The number of urea groups is 2. The van der Waals surface area contributed by atoms with Crippen LogP contribution in [0.5, 0.6) is 28.7 Å². The number of benzene rings is 10. The summed E-state index contributed by atoms with van der Waals surface area (Å²) in [5.41, 5.74) is -6.06. The van der Waals surface area contributed by atoms with E-state index >= 15 is 0 Å². The van der Waals surface area contributed by atoms with E-state index in [9.17, 15) is 112 Å². The van der Waals surface area contributed by atoms with Gasteiger partial charge >= 0.3 is 61.7 Å². The maximum absolute atomic E-state index is 15.0. The van der Waals surface area contributed by atoms with Crippen molar-refractivity contribution >= 4 is 36.0 Å². The molecule has 0 aromatic heterocycles. The molecule has 0 unspecified atom stereocenters. The van der Waals surface area contributed by atoms with Crippen molar-refractivity contribution in [1.29, 1.82) is 0 Å². The van der Waals surface area contributed by atoms with Crippen molar-refractivity contribution < 1.29 is 150 Å². The van der Waals surface area contributed by atoms with Gasteiger partial charge in [-0.2, -0.15) is 13.2 Å². The van der Waals surface area contributed by atoms with E-state index in [1.165, 1.54) is 86.2 Å². The lowest BCUT2D eigenvalue weighted by Crippen LogP contribution is -2.55. The van der Waals surface area contributed by atoms with Crippen LogP contribution in [0.1, 0.15) is 115 Å². The highest BCUT2D eigenvalue weighted by Gasteiger charge is 2.54. The van der Waals surface area contributed by atoms with Crippen LogP contribution in [-0.2, 0) is 77.3 Å². The topological polar surface area (TPSA) is 222 Å². The molecule has 6 amide bonds. The first kappa shape index (κ1) is 103.